The summed E-state index contributed by atoms with van der Waals surface area (Å²) in [6.45, 7) is 8.92. The second-order valence-electron chi connectivity index (χ2n) is 11.3. The zero-order chi connectivity index (χ0) is 23.1. The lowest BCUT2D eigenvalue weighted by Gasteiger charge is -2.54. The van der Waals surface area contributed by atoms with Crippen LogP contribution in [0.2, 0.25) is 0 Å². The highest BCUT2D eigenvalue weighted by Crippen LogP contribution is 2.65. The highest BCUT2D eigenvalue weighted by Gasteiger charge is 2.56. The fraction of sp³-hybridized carbons (Fsp3) is 0.750. The second-order valence-corrected chi connectivity index (χ2v) is 11.3. The number of aliphatic hydroxyl groups is 1. The normalized spacial score (nSPS) is 37.8. The number of esters is 1. The summed E-state index contributed by atoms with van der Waals surface area (Å²) in [5.41, 5.74) is 3.59. The van der Waals surface area contributed by atoms with Gasteiger partial charge in [-0.3, -0.25) is 4.79 Å². The van der Waals surface area contributed by atoms with Crippen LogP contribution in [0.1, 0.15) is 85.5 Å². The molecule has 0 amide bonds. The molecule has 0 aromatic carbocycles. The van der Waals surface area contributed by atoms with Crippen LogP contribution in [-0.4, -0.2) is 24.5 Å². The lowest BCUT2D eigenvalue weighted by Crippen LogP contribution is -2.45. The van der Waals surface area contributed by atoms with Crippen LogP contribution in [0.15, 0.2) is 35.1 Å². The molecule has 0 bridgehead atoms. The first-order valence-corrected chi connectivity index (χ1v) is 12.7. The summed E-state index contributed by atoms with van der Waals surface area (Å²) in [6, 6.07) is 0. The van der Waals surface area contributed by atoms with Crippen LogP contribution in [0.4, 0.5) is 0 Å². The van der Waals surface area contributed by atoms with Crippen LogP contribution >= 0.6 is 0 Å². The van der Waals surface area contributed by atoms with Crippen LogP contribution in [-0.2, 0) is 14.3 Å². The van der Waals surface area contributed by atoms with Crippen molar-refractivity contribution in [2.24, 2.45) is 34.5 Å². The SMILES string of the molecule is COC(O)CCC[C@@H](C)[C@H]1CCC2C3=CC=C4C=C(OC(C)=O)CC[C@]4(C)C3CC[C@@]21C. The third kappa shape index (κ3) is 4.14. The van der Waals surface area contributed by atoms with Gasteiger partial charge < -0.3 is 14.6 Å². The molecule has 4 aliphatic carbocycles. The Kier molecular flexibility index (Phi) is 6.76. The molecule has 0 aromatic heterocycles. The molecule has 178 valence electrons. The topological polar surface area (TPSA) is 55.8 Å². The lowest BCUT2D eigenvalue weighted by atomic mass is 9.50. The summed E-state index contributed by atoms with van der Waals surface area (Å²) < 4.78 is 10.5. The molecule has 2 saturated carbocycles. The average molecular weight is 443 g/mol. The van der Waals surface area contributed by atoms with E-state index in [9.17, 15) is 9.90 Å². The molecule has 2 fully saturated rings. The van der Waals surface area contributed by atoms with Gasteiger partial charge in [0.05, 0.1) is 0 Å². The van der Waals surface area contributed by atoms with Crippen molar-refractivity contribution < 1.29 is 19.4 Å². The van der Waals surface area contributed by atoms with Crippen LogP contribution in [0, 0.1) is 34.5 Å². The Morgan fingerprint density at radius 1 is 1.16 bits per heavy atom. The predicted molar refractivity (Wildman–Crippen MR) is 126 cm³/mol. The third-order valence-corrected chi connectivity index (χ3v) is 9.62. The summed E-state index contributed by atoms with van der Waals surface area (Å²) in [7, 11) is 1.58. The average Bonchev–Trinajstić information content (AvgIpc) is 3.10. The van der Waals surface area contributed by atoms with E-state index in [1.807, 2.05) is 0 Å². The van der Waals surface area contributed by atoms with Gasteiger partial charge in [0, 0.05) is 20.5 Å². The second kappa shape index (κ2) is 9.10. The number of aliphatic hydroxyl groups excluding tert-OH is 1. The van der Waals surface area contributed by atoms with Gasteiger partial charge in [-0.05, 0) is 91.1 Å². The molecule has 32 heavy (non-hydrogen) atoms. The minimum Gasteiger partial charge on any atom is -0.431 e. The maximum atomic E-state index is 11.4. The smallest absolute Gasteiger partial charge is 0.307 e. The largest absolute Gasteiger partial charge is 0.431 e. The van der Waals surface area contributed by atoms with E-state index >= 15 is 0 Å². The van der Waals surface area contributed by atoms with Crippen molar-refractivity contribution in [3.8, 4) is 0 Å². The van der Waals surface area contributed by atoms with Crippen LogP contribution in [0.3, 0.4) is 0 Å². The fourth-order valence-electron chi connectivity index (χ4n) is 7.83. The van der Waals surface area contributed by atoms with Crippen molar-refractivity contribution >= 4 is 5.97 Å². The van der Waals surface area contributed by atoms with Gasteiger partial charge in [-0.25, -0.2) is 0 Å². The van der Waals surface area contributed by atoms with Crippen molar-refractivity contribution in [2.75, 3.05) is 7.11 Å². The van der Waals surface area contributed by atoms with E-state index in [0.717, 1.165) is 37.4 Å². The molecule has 0 aliphatic heterocycles. The van der Waals surface area contributed by atoms with Gasteiger partial charge in [0.25, 0.3) is 0 Å². The summed E-state index contributed by atoms with van der Waals surface area (Å²) in [5, 5.41) is 9.72. The number of fused-ring (bicyclic) bond motifs is 5. The number of carbonyl (C=O) groups is 1. The van der Waals surface area contributed by atoms with Crippen LogP contribution < -0.4 is 0 Å². The molecule has 3 unspecified atom stereocenters. The quantitative estimate of drug-likeness (QED) is 0.371. The van der Waals surface area contributed by atoms with Gasteiger partial charge in [-0.1, -0.05) is 44.9 Å². The van der Waals surface area contributed by atoms with Gasteiger partial charge in [0.1, 0.15) is 5.76 Å². The molecular weight excluding hydrogens is 400 g/mol. The summed E-state index contributed by atoms with van der Waals surface area (Å²) in [6.07, 6.45) is 16.3. The van der Waals surface area contributed by atoms with E-state index in [1.54, 1.807) is 12.7 Å². The number of allylic oxidation sites excluding steroid dienone is 6. The van der Waals surface area contributed by atoms with E-state index in [4.69, 9.17) is 9.47 Å². The lowest BCUT2D eigenvalue weighted by molar-refractivity contribution is -0.137. The van der Waals surface area contributed by atoms with E-state index < -0.39 is 6.29 Å². The Bertz CT molecular complexity index is 823. The van der Waals surface area contributed by atoms with Crippen LogP contribution in [0.25, 0.3) is 0 Å². The van der Waals surface area contributed by atoms with E-state index in [1.165, 1.54) is 44.6 Å². The molecule has 4 nitrogen and oxygen atoms in total. The van der Waals surface area contributed by atoms with Gasteiger partial charge >= 0.3 is 5.97 Å². The standard InChI is InChI=1S/C28H42O4/c1-18(7-6-8-26(30)31-5)23-11-12-24-22-10-9-20-17-21(32-19(2)29)13-15-27(20,3)25(22)14-16-28(23,24)4/h9-10,17-18,23-26,30H,6-8,11-16H2,1-5H3/t18-,23-,24?,25?,26?,27+,28-/m1/s1. The Morgan fingerprint density at radius 2 is 1.94 bits per heavy atom. The first kappa shape index (κ1) is 23.8. The Morgan fingerprint density at radius 3 is 2.66 bits per heavy atom. The third-order valence-electron chi connectivity index (χ3n) is 9.62. The first-order valence-electron chi connectivity index (χ1n) is 12.7. The van der Waals surface area contributed by atoms with Crippen molar-refractivity contribution in [1.29, 1.82) is 0 Å². The Hall–Kier alpha value is -1.39. The molecule has 7 atom stereocenters. The number of hydrogen-bond acceptors (Lipinski definition) is 4. The molecule has 0 radical (unpaired) electrons. The van der Waals surface area contributed by atoms with Crippen molar-refractivity contribution in [1.82, 2.24) is 0 Å². The minimum absolute atomic E-state index is 0.162. The van der Waals surface area contributed by atoms with Crippen molar-refractivity contribution in [3.05, 3.63) is 35.1 Å². The maximum absolute atomic E-state index is 11.4. The van der Waals surface area contributed by atoms with Crippen molar-refractivity contribution in [3.63, 3.8) is 0 Å². The predicted octanol–water partition coefficient (Wildman–Crippen LogP) is 6.31. The van der Waals surface area contributed by atoms with Gasteiger partial charge in [-0.15, -0.1) is 0 Å². The molecule has 4 rings (SSSR count). The Balaban J connectivity index is 1.51. The molecule has 0 spiro atoms. The van der Waals surface area contributed by atoms with Crippen LogP contribution in [0.5, 0.6) is 0 Å². The number of ether oxygens (including phenoxy) is 2. The van der Waals surface area contributed by atoms with Crippen molar-refractivity contribution in [2.45, 2.75) is 91.8 Å². The monoisotopic (exact) mass is 442 g/mol. The molecule has 4 aliphatic rings. The zero-order valence-electron chi connectivity index (χ0n) is 20.7. The summed E-state index contributed by atoms with van der Waals surface area (Å²) in [4.78, 5) is 11.4. The minimum atomic E-state index is -0.621. The van der Waals surface area contributed by atoms with Gasteiger partial charge in [0.15, 0.2) is 6.29 Å². The number of hydrogen-bond donors (Lipinski definition) is 1. The highest BCUT2D eigenvalue weighted by atomic mass is 16.6. The van der Waals surface area contributed by atoms with E-state index in [0.29, 0.717) is 23.2 Å². The number of methoxy groups -OCH3 is 1. The van der Waals surface area contributed by atoms with Gasteiger partial charge in [-0.2, -0.15) is 0 Å². The molecule has 1 N–H and O–H groups in total. The molecule has 0 aromatic rings. The fourth-order valence-corrected chi connectivity index (χ4v) is 7.83. The van der Waals surface area contributed by atoms with E-state index in [-0.39, 0.29) is 11.4 Å². The van der Waals surface area contributed by atoms with Gasteiger partial charge in [0.2, 0.25) is 0 Å². The Labute approximate surface area is 194 Å². The molecule has 4 heteroatoms. The van der Waals surface area contributed by atoms with E-state index in [2.05, 4.69) is 39.0 Å². The maximum Gasteiger partial charge on any atom is 0.307 e. The summed E-state index contributed by atoms with van der Waals surface area (Å²) in [5.74, 6) is 3.35. The number of carbonyl (C=O) groups excluding carboxylic acids is 1. The highest BCUT2D eigenvalue weighted by molar-refractivity contribution is 5.67. The summed E-state index contributed by atoms with van der Waals surface area (Å²) >= 11 is 0. The zero-order valence-corrected chi connectivity index (χ0v) is 20.7. The molecular formula is C28H42O4. The molecule has 0 heterocycles. The number of rotatable bonds is 7. The molecule has 0 saturated heterocycles. The first-order chi connectivity index (χ1) is 15.2.